The molecule has 1 saturated carbocycles. The Bertz CT molecular complexity index is 574. The lowest BCUT2D eigenvalue weighted by molar-refractivity contribution is 0.329. The summed E-state index contributed by atoms with van der Waals surface area (Å²) in [6.07, 6.45) is 4.99. The van der Waals surface area contributed by atoms with E-state index in [0.717, 1.165) is 18.4 Å². The standard InChI is InChI=1S/C14H17N3O2/c15-14(6-1-2-7-14)9-12-16-13(17-19-12)10-4-3-5-11(18)8-10/h3-5,8,18H,1-2,6-7,9,15H2. The number of phenols is 1. The van der Waals surface area contributed by atoms with Gasteiger partial charge in [0.1, 0.15) is 5.75 Å². The van der Waals surface area contributed by atoms with Crippen molar-refractivity contribution in [3.05, 3.63) is 30.2 Å². The fourth-order valence-electron chi connectivity index (χ4n) is 2.65. The smallest absolute Gasteiger partial charge is 0.228 e. The summed E-state index contributed by atoms with van der Waals surface area (Å²) in [7, 11) is 0. The normalized spacial score (nSPS) is 17.7. The van der Waals surface area contributed by atoms with Gasteiger partial charge in [-0.15, -0.1) is 0 Å². The molecule has 0 bridgehead atoms. The van der Waals surface area contributed by atoms with Crippen LogP contribution in [-0.4, -0.2) is 20.8 Å². The van der Waals surface area contributed by atoms with Crippen LogP contribution in [0, 0.1) is 0 Å². The minimum Gasteiger partial charge on any atom is -0.508 e. The van der Waals surface area contributed by atoms with Gasteiger partial charge in [0, 0.05) is 17.5 Å². The molecule has 3 rings (SSSR count). The molecule has 1 aromatic carbocycles. The Morgan fingerprint density at radius 3 is 2.84 bits per heavy atom. The van der Waals surface area contributed by atoms with Gasteiger partial charge >= 0.3 is 0 Å². The van der Waals surface area contributed by atoms with Gasteiger partial charge < -0.3 is 15.4 Å². The van der Waals surface area contributed by atoms with E-state index in [9.17, 15) is 5.11 Å². The van der Waals surface area contributed by atoms with Gasteiger partial charge in [-0.05, 0) is 25.0 Å². The van der Waals surface area contributed by atoms with Crippen LogP contribution < -0.4 is 5.73 Å². The maximum atomic E-state index is 9.45. The second-order valence-corrected chi connectivity index (χ2v) is 5.31. The van der Waals surface area contributed by atoms with E-state index in [1.165, 1.54) is 12.8 Å². The molecule has 0 atom stereocenters. The van der Waals surface area contributed by atoms with Crippen LogP contribution in [0.4, 0.5) is 0 Å². The van der Waals surface area contributed by atoms with E-state index in [2.05, 4.69) is 10.1 Å². The van der Waals surface area contributed by atoms with Crippen molar-refractivity contribution in [3.8, 4) is 17.1 Å². The van der Waals surface area contributed by atoms with Crippen molar-refractivity contribution < 1.29 is 9.63 Å². The number of hydrogen-bond acceptors (Lipinski definition) is 5. The first kappa shape index (κ1) is 12.2. The monoisotopic (exact) mass is 259 g/mol. The van der Waals surface area contributed by atoms with Gasteiger partial charge in [-0.3, -0.25) is 0 Å². The second-order valence-electron chi connectivity index (χ2n) is 5.31. The fourth-order valence-corrected chi connectivity index (χ4v) is 2.65. The highest BCUT2D eigenvalue weighted by Gasteiger charge is 2.31. The Hall–Kier alpha value is -1.88. The van der Waals surface area contributed by atoms with E-state index in [1.807, 2.05) is 6.07 Å². The van der Waals surface area contributed by atoms with Crippen molar-refractivity contribution in [2.24, 2.45) is 5.73 Å². The molecule has 1 heterocycles. The summed E-state index contributed by atoms with van der Waals surface area (Å²) >= 11 is 0. The lowest BCUT2D eigenvalue weighted by Crippen LogP contribution is -2.38. The number of aromatic hydroxyl groups is 1. The van der Waals surface area contributed by atoms with Gasteiger partial charge in [-0.1, -0.05) is 30.1 Å². The van der Waals surface area contributed by atoms with Crippen molar-refractivity contribution in [2.75, 3.05) is 0 Å². The lowest BCUT2D eigenvalue weighted by Gasteiger charge is -2.20. The van der Waals surface area contributed by atoms with Gasteiger partial charge in [0.2, 0.25) is 11.7 Å². The zero-order valence-corrected chi connectivity index (χ0v) is 10.7. The number of phenolic OH excluding ortho intramolecular Hbond substituents is 1. The molecule has 5 heteroatoms. The molecule has 19 heavy (non-hydrogen) atoms. The van der Waals surface area contributed by atoms with Crippen LogP contribution in [0.5, 0.6) is 5.75 Å². The maximum Gasteiger partial charge on any atom is 0.228 e. The molecule has 1 aliphatic carbocycles. The molecule has 0 spiro atoms. The van der Waals surface area contributed by atoms with E-state index < -0.39 is 0 Å². The lowest BCUT2D eigenvalue weighted by atomic mass is 9.95. The van der Waals surface area contributed by atoms with Gasteiger partial charge in [0.05, 0.1) is 0 Å². The first-order chi connectivity index (χ1) is 9.15. The Kier molecular flexibility index (Phi) is 2.98. The number of rotatable bonds is 3. The molecule has 0 aliphatic heterocycles. The Labute approximate surface area is 111 Å². The number of benzene rings is 1. The van der Waals surface area contributed by atoms with Crippen molar-refractivity contribution in [3.63, 3.8) is 0 Å². The highest BCUT2D eigenvalue weighted by atomic mass is 16.5. The highest BCUT2D eigenvalue weighted by molar-refractivity contribution is 5.56. The summed E-state index contributed by atoms with van der Waals surface area (Å²) in [5, 5.41) is 13.4. The molecule has 0 unspecified atom stereocenters. The third-order valence-electron chi connectivity index (χ3n) is 3.68. The highest BCUT2D eigenvalue weighted by Crippen LogP contribution is 2.30. The SMILES string of the molecule is NC1(Cc2nc(-c3cccc(O)c3)no2)CCCC1. The Morgan fingerprint density at radius 2 is 2.11 bits per heavy atom. The average Bonchev–Trinajstić information content (AvgIpc) is 2.99. The average molecular weight is 259 g/mol. The number of aromatic nitrogens is 2. The predicted molar refractivity (Wildman–Crippen MR) is 70.5 cm³/mol. The Balaban J connectivity index is 1.79. The molecule has 0 amide bonds. The molecule has 1 fully saturated rings. The van der Waals surface area contributed by atoms with Crippen LogP contribution in [0.25, 0.3) is 11.4 Å². The fraction of sp³-hybridized carbons (Fsp3) is 0.429. The summed E-state index contributed by atoms with van der Waals surface area (Å²) in [6, 6.07) is 6.81. The van der Waals surface area contributed by atoms with E-state index >= 15 is 0 Å². The van der Waals surface area contributed by atoms with Gasteiger partial charge in [0.25, 0.3) is 0 Å². The molecule has 3 N–H and O–H groups in total. The minimum absolute atomic E-state index is 0.190. The van der Waals surface area contributed by atoms with Gasteiger partial charge in [-0.25, -0.2) is 0 Å². The number of nitrogens with two attached hydrogens (primary N) is 1. The van der Waals surface area contributed by atoms with Crippen molar-refractivity contribution >= 4 is 0 Å². The predicted octanol–water partition coefficient (Wildman–Crippen LogP) is 2.26. The number of nitrogens with zero attached hydrogens (tertiary/aromatic N) is 2. The van der Waals surface area contributed by atoms with Crippen molar-refractivity contribution in [1.82, 2.24) is 10.1 Å². The molecule has 0 radical (unpaired) electrons. The molecule has 100 valence electrons. The summed E-state index contributed by atoms with van der Waals surface area (Å²) in [6.45, 7) is 0. The zero-order chi connectivity index (χ0) is 13.3. The zero-order valence-electron chi connectivity index (χ0n) is 10.7. The van der Waals surface area contributed by atoms with Crippen LogP contribution in [-0.2, 0) is 6.42 Å². The van der Waals surface area contributed by atoms with E-state index in [4.69, 9.17) is 10.3 Å². The summed E-state index contributed by atoms with van der Waals surface area (Å²) in [4.78, 5) is 4.36. The van der Waals surface area contributed by atoms with E-state index in [1.54, 1.807) is 18.2 Å². The second kappa shape index (κ2) is 4.66. The van der Waals surface area contributed by atoms with Gasteiger partial charge in [-0.2, -0.15) is 4.98 Å². The van der Waals surface area contributed by atoms with Crippen LogP contribution >= 0.6 is 0 Å². The minimum atomic E-state index is -0.192. The van der Waals surface area contributed by atoms with Crippen LogP contribution in [0.2, 0.25) is 0 Å². The van der Waals surface area contributed by atoms with Crippen LogP contribution in [0.15, 0.2) is 28.8 Å². The largest absolute Gasteiger partial charge is 0.508 e. The van der Waals surface area contributed by atoms with Crippen LogP contribution in [0.3, 0.4) is 0 Å². The van der Waals surface area contributed by atoms with Gasteiger partial charge in [0.15, 0.2) is 0 Å². The molecular formula is C14H17N3O2. The van der Waals surface area contributed by atoms with Crippen molar-refractivity contribution in [2.45, 2.75) is 37.6 Å². The summed E-state index contributed by atoms with van der Waals surface area (Å²) in [5.74, 6) is 1.25. The summed E-state index contributed by atoms with van der Waals surface area (Å²) < 4.78 is 5.26. The van der Waals surface area contributed by atoms with Crippen LogP contribution in [0.1, 0.15) is 31.6 Å². The molecule has 2 aromatic rings. The third kappa shape index (κ3) is 2.61. The molecule has 0 saturated heterocycles. The molecule has 1 aliphatic rings. The molecular weight excluding hydrogens is 242 g/mol. The Morgan fingerprint density at radius 1 is 1.32 bits per heavy atom. The van der Waals surface area contributed by atoms with E-state index in [-0.39, 0.29) is 11.3 Å². The topological polar surface area (TPSA) is 85.2 Å². The molecule has 5 nitrogen and oxygen atoms in total. The summed E-state index contributed by atoms with van der Waals surface area (Å²) in [5.41, 5.74) is 6.85. The molecule has 1 aromatic heterocycles. The first-order valence-corrected chi connectivity index (χ1v) is 6.56. The first-order valence-electron chi connectivity index (χ1n) is 6.56. The third-order valence-corrected chi connectivity index (χ3v) is 3.68. The van der Waals surface area contributed by atoms with E-state index in [0.29, 0.717) is 18.1 Å². The number of hydrogen-bond donors (Lipinski definition) is 2. The van der Waals surface area contributed by atoms with Crippen molar-refractivity contribution in [1.29, 1.82) is 0 Å². The quantitative estimate of drug-likeness (QED) is 0.883. The maximum absolute atomic E-state index is 9.45.